The van der Waals surface area contributed by atoms with Gasteiger partial charge in [-0.1, -0.05) is 42.5 Å². The highest BCUT2D eigenvalue weighted by atomic mass is 16.6. The number of allylic oxidation sites excluding steroid dienone is 1. The van der Waals surface area contributed by atoms with Crippen molar-refractivity contribution in [1.29, 1.82) is 0 Å². The zero-order valence-corrected chi connectivity index (χ0v) is 11.6. The average molecular weight is 281 g/mol. The number of rotatable bonds is 5. The number of nitrogens with one attached hydrogen (secondary N) is 1. The van der Waals surface area contributed by atoms with Gasteiger partial charge in [0.05, 0.1) is 16.8 Å². The molecule has 5 heteroatoms. The van der Waals surface area contributed by atoms with E-state index in [0.29, 0.717) is 5.69 Å². The summed E-state index contributed by atoms with van der Waals surface area (Å²) in [5.74, 6) is 0. The van der Waals surface area contributed by atoms with Crippen molar-refractivity contribution in [3.05, 3.63) is 75.8 Å². The first kappa shape index (κ1) is 14.5. The van der Waals surface area contributed by atoms with E-state index in [1.807, 2.05) is 43.3 Å². The van der Waals surface area contributed by atoms with Crippen molar-refractivity contribution < 1.29 is 4.92 Å². The first-order valence-corrected chi connectivity index (χ1v) is 6.42. The second-order valence-electron chi connectivity index (χ2n) is 4.48. The van der Waals surface area contributed by atoms with Crippen LogP contribution < -0.4 is 5.43 Å². The fraction of sp³-hybridized carbons (Fsp3) is 0.0625. The quantitative estimate of drug-likeness (QED) is 0.509. The van der Waals surface area contributed by atoms with Crippen LogP contribution in [0.4, 0.5) is 11.4 Å². The lowest BCUT2D eigenvalue weighted by molar-refractivity contribution is -0.384. The standard InChI is InChI=1S/C16H15N3O2/c1-13(10-14-6-3-2-4-7-14)12-17-18-15-8-5-9-16(11-15)19(20)21/h2-12,18H,1H3/b13-10-,17-12+. The molecule has 0 aliphatic heterocycles. The van der Waals surface area contributed by atoms with Gasteiger partial charge in [0.1, 0.15) is 0 Å². The van der Waals surface area contributed by atoms with E-state index in [-0.39, 0.29) is 5.69 Å². The topological polar surface area (TPSA) is 67.5 Å². The molecule has 0 heterocycles. The van der Waals surface area contributed by atoms with Crippen molar-refractivity contribution in [2.24, 2.45) is 5.10 Å². The van der Waals surface area contributed by atoms with Crippen LogP contribution in [-0.4, -0.2) is 11.1 Å². The van der Waals surface area contributed by atoms with Gasteiger partial charge in [-0.2, -0.15) is 5.10 Å². The van der Waals surface area contributed by atoms with Crippen LogP contribution >= 0.6 is 0 Å². The lowest BCUT2D eigenvalue weighted by Crippen LogP contribution is -1.92. The van der Waals surface area contributed by atoms with E-state index in [2.05, 4.69) is 10.5 Å². The summed E-state index contributed by atoms with van der Waals surface area (Å²) in [6.07, 6.45) is 3.67. The minimum absolute atomic E-state index is 0.0340. The number of non-ortho nitro benzene ring substituents is 1. The molecule has 106 valence electrons. The van der Waals surface area contributed by atoms with Crippen LogP contribution in [0.25, 0.3) is 6.08 Å². The Labute approximate surface area is 122 Å². The Kier molecular flexibility index (Phi) is 4.82. The predicted molar refractivity (Wildman–Crippen MR) is 85.3 cm³/mol. The van der Waals surface area contributed by atoms with Gasteiger partial charge in [-0.25, -0.2) is 0 Å². The average Bonchev–Trinajstić information content (AvgIpc) is 2.48. The number of anilines is 1. The van der Waals surface area contributed by atoms with E-state index in [1.165, 1.54) is 12.1 Å². The molecular weight excluding hydrogens is 266 g/mol. The minimum Gasteiger partial charge on any atom is -0.278 e. The Morgan fingerprint density at radius 3 is 2.67 bits per heavy atom. The summed E-state index contributed by atoms with van der Waals surface area (Å²) >= 11 is 0. The largest absolute Gasteiger partial charge is 0.278 e. The molecule has 0 aliphatic carbocycles. The third-order valence-corrected chi connectivity index (χ3v) is 2.71. The van der Waals surface area contributed by atoms with Gasteiger partial charge in [0.2, 0.25) is 0 Å². The molecule has 0 saturated heterocycles. The molecule has 0 radical (unpaired) electrons. The zero-order chi connectivity index (χ0) is 15.1. The van der Waals surface area contributed by atoms with E-state index in [4.69, 9.17) is 0 Å². The number of nitro benzene ring substituents is 1. The molecule has 0 saturated carbocycles. The summed E-state index contributed by atoms with van der Waals surface area (Å²) in [5, 5.41) is 14.7. The molecule has 0 atom stereocenters. The molecule has 2 aromatic carbocycles. The molecule has 0 bridgehead atoms. The van der Waals surface area contributed by atoms with E-state index < -0.39 is 4.92 Å². The van der Waals surface area contributed by atoms with Gasteiger partial charge in [-0.3, -0.25) is 15.5 Å². The van der Waals surface area contributed by atoms with Gasteiger partial charge < -0.3 is 0 Å². The molecule has 0 aromatic heterocycles. The number of hydrogen-bond donors (Lipinski definition) is 1. The minimum atomic E-state index is -0.435. The van der Waals surface area contributed by atoms with Crippen molar-refractivity contribution in [2.75, 3.05) is 5.43 Å². The summed E-state index contributed by atoms with van der Waals surface area (Å²) in [4.78, 5) is 10.2. The van der Waals surface area contributed by atoms with Crippen LogP contribution in [-0.2, 0) is 0 Å². The molecule has 21 heavy (non-hydrogen) atoms. The van der Waals surface area contributed by atoms with Crippen LogP contribution in [0, 0.1) is 10.1 Å². The predicted octanol–water partition coefficient (Wildman–Crippen LogP) is 4.10. The van der Waals surface area contributed by atoms with Gasteiger partial charge in [0.15, 0.2) is 0 Å². The second-order valence-corrected chi connectivity index (χ2v) is 4.48. The van der Waals surface area contributed by atoms with Gasteiger partial charge in [0, 0.05) is 12.1 Å². The number of benzene rings is 2. The molecule has 2 aromatic rings. The maximum Gasteiger partial charge on any atom is 0.271 e. The fourth-order valence-electron chi connectivity index (χ4n) is 1.75. The molecule has 0 amide bonds. The van der Waals surface area contributed by atoms with Crippen LogP contribution in [0.15, 0.2) is 65.3 Å². The van der Waals surface area contributed by atoms with Crippen LogP contribution in [0.2, 0.25) is 0 Å². The smallest absolute Gasteiger partial charge is 0.271 e. The van der Waals surface area contributed by atoms with E-state index in [1.54, 1.807) is 18.3 Å². The molecule has 0 spiro atoms. The summed E-state index contributed by atoms with van der Waals surface area (Å²) in [6, 6.07) is 16.1. The van der Waals surface area contributed by atoms with E-state index in [0.717, 1.165) is 11.1 Å². The van der Waals surface area contributed by atoms with E-state index >= 15 is 0 Å². The lowest BCUT2D eigenvalue weighted by Gasteiger charge is -2.00. The first-order valence-electron chi connectivity index (χ1n) is 6.42. The Morgan fingerprint density at radius 1 is 1.19 bits per heavy atom. The van der Waals surface area contributed by atoms with Gasteiger partial charge in [0.25, 0.3) is 5.69 Å². The monoisotopic (exact) mass is 281 g/mol. The normalized spacial score (nSPS) is 11.6. The first-order chi connectivity index (χ1) is 10.1. The van der Waals surface area contributed by atoms with Crippen LogP contribution in [0.5, 0.6) is 0 Å². The summed E-state index contributed by atoms with van der Waals surface area (Å²) in [7, 11) is 0. The molecule has 0 unspecified atom stereocenters. The summed E-state index contributed by atoms with van der Waals surface area (Å²) < 4.78 is 0. The zero-order valence-electron chi connectivity index (χ0n) is 11.6. The third kappa shape index (κ3) is 4.58. The fourth-order valence-corrected chi connectivity index (χ4v) is 1.75. The van der Waals surface area contributed by atoms with Crippen molar-refractivity contribution in [2.45, 2.75) is 6.92 Å². The SMILES string of the molecule is CC(=C/c1ccccc1)/C=N/Nc1cccc([N+](=O)[O-])c1. The third-order valence-electron chi connectivity index (χ3n) is 2.71. The number of nitro groups is 1. The highest BCUT2D eigenvalue weighted by Crippen LogP contribution is 2.16. The Morgan fingerprint density at radius 2 is 1.95 bits per heavy atom. The second kappa shape index (κ2) is 7.00. The molecule has 5 nitrogen and oxygen atoms in total. The summed E-state index contributed by atoms with van der Waals surface area (Å²) in [5.41, 5.74) is 5.46. The Balaban J connectivity index is 2.00. The lowest BCUT2D eigenvalue weighted by atomic mass is 10.1. The molecule has 0 fully saturated rings. The molecule has 1 N–H and O–H groups in total. The van der Waals surface area contributed by atoms with E-state index in [9.17, 15) is 10.1 Å². The molecular formula is C16H15N3O2. The van der Waals surface area contributed by atoms with Gasteiger partial charge >= 0.3 is 0 Å². The van der Waals surface area contributed by atoms with Crippen molar-refractivity contribution in [1.82, 2.24) is 0 Å². The van der Waals surface area contributed by atoms with Crippen molar-refractivity contribution in [3.8, 4) is 0 Å². The van der Waals surface area contributed by atoms with Crippen molar-refractivity contribution >= 4 is 23.7 Å². The maximum absolute atomic E-state index is 10.7. The number of hydrazone groups is 1. The Hall–Kier alpha value is -2.95. The van der Waals surface area contributed by atoms with Gasteiger partial charge in [-0.15, -0.1) is 0 Å². The van der Waals surface area contributed by atoms with Gasteiger partial charge in [-0.05, 0) is 24.1 Å². The number of hydrogen-bond acceptors (Lipinski definition) is 4. The van der Waals surface area contributed by atoms with Crippen LogP contribution in [0.3, 0.4) is 0 Å². The number of nitrogens with zero attached hydrogens (tertiary/aromatic N) is 2. The highest BCUT2D eigenvalue weighted by molar-refractivity contribution is 5.85. The van der Waals surface area contributed by atoms with Crippen LogP contribution in [0.1, 0.15) is 12.5 Å². The molecule has 2 rings (SSSR count). The van der Waals surface area contributed by atoms with Crippen molar-refractivity contribution in [3.63, 3.8) is 0 Å². The summed E-state index contributed by atoms with van der Waals surface area (Å²) in [6.45, 7) is 1.94. The molecule has 0 aliphatic rings. The highest BCUT2D eigenvalue weighted by Gasteiger charge is 2.04. The maximum atomic E-state index is 10.7. The Bertz CT molecular complexity index is 679.